The van der Waals surface area contributed by atoms with Crippen molar-refractivity contribution in [2.75, 3.05) is 5.32 Å². The standard InChI is InChI=1S/C23H26N4OS/c1-16-11-13-19(14-12-16)24-22(28)21(18-9-3-2-4-10-18)29-23-25-20(26-27-23)15-17-7-5-6-8-17/h2-4,9-14,17,21H,5-8,15H2,1H3,(H,24,28)(H,25,26,27). The Kier molecular flexibility index (Phi) is 6.30. The summed E-state index contributed by atoms with van der Waals surface area (Å²) in [5, 5.41) is 10.7. The third kappa shape index (κ3) is 5.26. The van der Waals surface area contributed by atoms with Gasteiger partial charge in [-0.25, -0.2) is 4.98 Å². The lowest BCUT2D eigenvalue weighted by atomic mass is 10.0. The van der Waals surface area contributed by atoms with Gasteiger partial charge in [0, 0.05) is 12.1 Å². The molecule has 6 heteroatoms. The highest BCUT2D eigenvalue weighted by atomic mass is 32.2. The van der Waals surface area contributed by atoms with Gasteiger partial charge in [0.25, 0.3) is 0 Å². The molecule has 150 valence electrons. The van der Waals surface area contributed by atoms with Crippen molar-refractivity contribution in [3.63, 3.8) is 0 Å². The summed E-state index contributed by atoms with van der Waals surface area (Å²) >= 11 is 1.39. The number of aryl methyl sites for hydroxylation is 1. The summed E-state index contributed by atoms with van der Waals surface area (Å²) in [5.74, 6) is 1.55. The fraction of sp³-hybridized carbons (Fsp3) is 0.348. The average Bonchev–Trinajstić information content (AvgIpc) is 3.41. The van der Waals surface area contributed by atoms with E-state index in [1.54, 1.807) is 0 Å². The van der Waals surface area contributed by atoms with Crippen LogP contribution < -0.4 is 5.32 Å². The van der Waals surface area contributed by atoms with Crippen molar-refractivity contribution < 1.29 is 4.79 Å². The zero-order chi connectivity index (χ0) is 20.1. The molecule has 1 fully saturated rings. The monoisotopic (exact) mass is 406 g/mol. The Morgan fingerprint density at radius 3 is 2.59 bits per heavy atom. The average molecular weight is 407 g/mol. The van der Waals surface area contributed by atoms with Gasteiger partial charge in [0.05, 0.1) is 0 Å². The first kappa shape index (κ1) is 19.7. The van der Waals surface area contributed by atoms with Crippen molar-refractivity contribution in [1.82, 2.24) is 15.2 Å². The fourth-order valence-corrected chi connectivity index (χ4v) is 4.69. The minimum atomic E-state index is -0.423. The maximum atomic E-state index is 13.1. The number of hydrogen-bond acceptors (Lipinski definition) is 4. The SMILES string of the molecule is Cc1ccc(NC(=O)C(Sc2n[nH]c(CC3CCCC3)n2)c2ccccc2)cc1. The Bertz CT molecular complexity index is 933. The van der Waals surface area contributed by atoms with Gasteiger partial charge in [-0.05, 0) is 30.5 Å². The molecular formula is C23H26N4OS. The first-order chi connectivity index (χ1) is 14.2. The highest BCUT2D eigenvalue weighted by Crippen LogP contribution is 2.35. The zero-order valence-electron chi connectivity index (χ0n) is 16.6. The Hall–Kier alpha value is -2.60. The molecule has 1 amide bonds. The molecule has 5 nitrogen and oxygen atoms in total. The van der Waals surface area contributed by atoms with Gasteiger partial charge in [-0.1, -0.05) is 85.5 Å². The Morgan fingerprint density at radius 2 is 1.86 bits per heavy atom. The number of benzene rings is 2. The van der Waals surface area contributed by atoms with Gasteiger partial charge in [-0.3, -0.25) is 9.89 Å². The molecule has 1 aliphatic rings. The Labute approximate surface area is 175 Å². The van der Waals surface area contributed by atoms with E-state index in [0.29, 0.717) is 11.1 Å². The van der Waals surface area contributed by atoms with E-state index in [4.69, 9.17) is 0 Å². The second-order valence-electron chi connectivity index (χ2n) is 7.68. The number of nitrogens with zero attached hydrogens (tertiary/aromatic N) is 2. The van der Waals surface area contributed by atoms with E-state index in [2.05, 4.69) is 20.5 Å². The molecule has 1 unspecified atom stereocenters. The number of carbonyl (C=O) groups is 1. The van der Waals surface area contributed by atoms with Gasteiger partial charge in [0.2, 0.25) is 11.1 Å². The minimum absolute atomic E-state index is 0.0767. The molecule has 2 N–H and O–H groups in total. The number of carbonyl (C=O) groups excluding carboxylic acids is 1. The number of aromatic amines is 1. The van der Waals surface area contributed by atoms with Crippen LogP contribution in [0.4, 0.5) is 5.69 Å². The molecule has 1 aliphatic carbocycles. The van der Waals surface area contributed by atoms with Gasteiger partial charge < -0.3 is 5.32 Å². The van der Waals surface area contributed by atoms with Crippen LogP contribution in [0.3, 0.4) is 0 Å². The lowest BCUT2D eigenvalue weighted by Gasteiger charge is -2.15. The molecule has 3 aromatic rings. The van der Waals surface area contributed by atoms with Gasteiger partial charge >= 0.3 is 0 Å². The molecule has 0 spiro atoms. The van der Waals surface area contributed by atoms with Crippen LogP contribution in [0.1, 0.15) is 47.9 Å². The second kappa shape index (κ2) is 9.27. The van der Waals surface area contributed by atoms with Crippen LogP contribution in [0.2, 0.25) is 0 Å². The Morgan fingerprint density at radius 1 is 1.14 bits per heavy atom. The van der Waals surface area contributed by atoms with Crippen LogP contribution >= 0.6 is 11.8 Å². The largest absolute Gasteiger partial charge is 0.325 e. The number of rotatable bonds is 7. The van der Waals surface area contributed by atoms with E-state index in [1.807, 2.05) is 61.5 Å². The minimum Gasteiger partial charge on any atom is -0.325 e. The smallest absolute Gasteiger partial charge is 0.242 e. The van der Waals surface area contributed by atoms with Crippen molar-refractivity contribution in [2.24, 2.45) is 5.92 Å². The molecule has 0 saturated heterocycles. The molecule has 0 bridgehead atoms. The summed E-state index contributed by atoms with van der Waals surface area (Å²) in [6.07, 6.45) is 6.12. The quantitative estimate of drug-likeness (QED) is 0.521. The van der Waals surface area contributed by atoms with Crippen LogP contribution in [0.5, 0.6) is 0 Å². The topological polar surface area (TPSA) is 70.7 Å². The van der Waals surface area contributed by atoms with Gasteiger partial charge in [-0.2, -0.15) is 0 Å². The number of hydrogen-bond donors (Lipinski definition) is 2. The summed E-state index contributed by atoms with van der Waals surface area (Å²) in [7, 11) is 0. The molecule has 1 heterocycles. The van der Waals surface area contributed by atoms with Crippen LogP contribution in [0.25, 0.3) is 0 Å². The van der Waals surface area contributed by atoms with Gasteiger partial charge in [0.1, 0.15) is 11.1 Å². The summed E-state index contributed by atoms with van der Waals surface area (Å²) < 4.78 is 0. The number of nitrogens with one attached hydrogen (secondary N) is 2. The van der Waals surface area contributed by atoms with Crippen LogP contribution in [-0.4, -0.2) is 21.1 Å². The predicted molar refractivity (Wildman–Crippen MR) is 117 cm³/mol. The zero-order valence-corrected chi connectivity index (χ0v) is 17.4. The van der Waals surface area contributed by atoms with E-state index in [1.165, 1.54) is 37.4 Å². The lowest BCUT2D eigenvalue weighted by molar-refractivity contribution is -0.115. The first-order valence-electron chi connectivity index (χ1n) is 10.2. The van der Waals surface area contributed by atoms with Crippen molar-refractivity contribution in [3.05, 3.63) is 71.5 Å². The highest BCUT2D eigenvalue weighted by molar-refractivity contribution is 8.00. The Balaban J connectivity index is 1.49. The maximum absolute atomic E-state index is 13.1. The fourth-order valence-electron chi connectivity index (χ4n) is 3.76. The summed E-state index contributed by atoms with van der Waals surface area (Å²) in [4.78, 5) is 17.7. The van der Waals surface area contributed by atoms with E-state index >= 15 is 0 Å². The molecule has 0 radical (unpaired) electrons. The van der Waals surface area contributed by atoms with E-state index in [9.17, 15) is 4.79 Å². The van der Waals surface area contributed by atoms with E-state index in [0.717, 1.165) is 29.1 Å². The molecule has 2 aromatic carbocycles. The van der Waals surface area contributed by atoms with Crippen molar-refractivity contribution in [3.8, 4) is 0 Å². The van der Waals surface area contributed by atoms with E-state index in [-0.39, 0.29) is 5.91 Å². The predicted octanol–water partition coefficient (Wildman–Crippen LogP) is 5.32. The maximum Gasteiger partial charge on any atom is 0.242 e. The highest BCUT2D eigenvalue weighted by Gasteiger charge is 2.25. The van der Waals surface area contributed by atoms with Crippen LogP contribution in [0, 0.1) is 12.8 Å². The lowest BCUT2D eigenvalue weighted by Crippen LogP contribution is -2.19. The first-order valence-corrected chi connectivity index (χ1v) is 11.1. The number of amides is 1. The third-order valence-corrected chi connectivity index (χ3v) is 6.47. The number of aromatic nitrogens is 3. The number of thioether (sulfide) groups is 1. The molecule has 29 heavy (non-hydrogen) atoms. The molecular weight excluding hydrogens is 380 g/mol. The van der Waals surface area contributed by atoms with E-state index < -0.39 is 5.25 Å². The van der Waals surface area contributed by atoms with Crippen molar-refractivity contribution in [1.29, 1.82) is 0 Å². The molecule has 1 aromatic heterocycles. The molecule has 1 atom stereocenters. The summed E-state index contributed by atoms with van der Waals surface area (Å²) in [6.45, 7) is 2.03. The van der Waals surface area contributed by atoms with Crippen LogP contribution in [-0.2, 0) is 11.2 Å². The number of H-pyrrole nitrogens is 1. The summed E-state index contributed by atoms with van der Waals surface area (Å²) in [6, 6.07) is 17.6. The van der Waals surface area contributed by atoms with Crippen molar-refractivity contribution in [2.45, 2.75) is 49.4 Å². The summed E-state index contributed by atoms with van der Waals surface area (Å²) in [5.41, 5.74) is 2.88. The van der Waals surface area contributed by atoms with Gasteiger partial charge in [0.15, 0.2) is 0 Å². The molecule has 1 saturated carbocycles. The van der Waals surface area contributed by atoms with Crippen molar-refractivity contribution >= 4 is 23.4 Å². The molecule has 4 rings (SSSR count). The molecule has 0 aliphatic heterocycles. The normalized spacial score (nSPS) is 15.3. The third-order valence-electron chi connectivity index (χ3n) is 5.35. The second-order valence-corrected chi connectivity index (χ2v) is 8.76. The van der Waals surface area contributed by atoms with Gasteiger partial charge in [-0.15, -0.1) is 5.10 Å². The number of anilines is 1. The van der Waals surface area contributed by atoms with Crippen LogP contribution in [0.15, 0.2) is 59.8 Å².